The lowest BCUT2D eigenvalue weighted by atomic mass is 10.2. The Morgan fingerprint density at radius 3 is 2.95 bits per heavy atom. The molecule has 116 valence electrons. The van der Waals surface area contributed by atoms with Crippen LogP contribution in [0.25, 0.3) is 0 Å². The van der Waals surface area contributed by atoms with Crippen molar-refractivity contribution in [3.63, 3.8) is 0 Å². The zero-order valence-corrected chi connectivity index (χ0v) is 13.3. The average Bonchev–Trinajstić information content (AvgIpc) is 3.22. The molecular weight excluding hydrogens is 298 g/mol. The summed E-state index contributed by atoms with van der Waals surface area (Å²) >= 11 is 1.50. The first-order valence-electron chi connectivity index (χ1n) is 7.34. The Labute approximate surface area is 133 Å². The summed E-state index contributed by atoms with van der Waals surface area (Å²) in [5.74, 6) is 0.813. The second-order valence-electron chi connectivity index (χ2n) is 5.29. The van der Waals surface area contributed by atoms with E-state index < -0.39 is 0 Å². The van der Waals surface area contributed by atoms with Crippen LogP contribution < -0.4 is 15.4 Å². The predicted octanol–water partition coefficient (Wildman–Crippen LogP) is 2.33. The molecule has 1 aliphatic rings. The molecular formula is C16H19N3O2S. The van der Waals surface area contributed by atoms with E-state index in [-0.39, 0.29) is 5.91 Å². The molecule has 1 heterocycles. The number of hydrogen-bond acceptors (Lipinski definition) is 5. The van der Waals surface area contributed by atoms with Gasteiger partial charge in [0.05, 0.1) is 7.11 Å². The Kier molecular flexibility index (Phi) is 4.70. The number of thiazole rings is 1. The molecule has 0 bridgehead atoms. The van der Waals surface area contributed by atoms with Crippen LogP contribution in [0.4, 0.5) is 0 Å². The van der Waals surface area contributed by atoms with E-state index in [1.54, 1.807) is 7.11 Å². The number of amides is 1. The highest BCUT2D eigenvalue weighted by atomic mass is 32.1. The highest BCUT2D eigenvalue weighted by Crippen LogP contribution is 2.20. The number of benzene rings is 1. The zero-order valence-electron chi connectivity index (χ0n) is 12.5. The molecule has 1 amide bonds. The number of methoxy groups -OCH3 is 1. The van der Waals surface area contributed by atoms with Gasteiger partial charge in [-0.3, -0.25) is 4.79 Å². The number of nitrogens with zero attached hydrogens (tertiary/aromatic N) is 1. The normalized spacial score (nSPS) is 13.9. The van der Waals surface area contributed by atoms with E-state index in [1.807, 2.05) is 29.6 Å². The van der Waals surface area contributed by atoms with Gasteiger partial charge >= 0.3 is 0 Å². The van der Waals surface area contributed by atoms with Crippen LogP contribution in [0, 0.1) is 0 Å². The first kappa shape index (κ1) is 15.0. The number of carbonyl (C=O) groups is 1. The van der Waals surface area contributed by atoms with E-state index in [9.17, 15) is 4.79 Å². The number of nitrogens with one attached hydrogen (secondary N) is 2. The van der Waals surface area contributed by atoms with Gasteiger partial charge in [0, 0.05) is 30.1 Å². The van der Waals surface area contributed by atoms with Gasteiger partial charge < -0.3 is 15.4 Å². The third-order valence-corrected chi connectivity index (χ3v) is 4.33. The van der Waals surface area contributed by atoms with Gasteiger partial charge in [0.2, 0.25) is 0 Å². The Balaban J connectivity index is 1.51. The Morgan fingerprint density at radius 1 is 1.36 bits per heavy atom. The molecule has 0 saturated heterocycles. The fourth-order valence-electron chi connectivity index (χ4n) is 2.14. The van der Waals surface area contributed by atoms with Crippen LogP contribution in [0.5, 0.6) is 5.75 Å². The minimum atomic E-state index is -0.0604. The highest BCUT2D eigenvalue weighted by Gasteiger charge is 2.24. The summed E-state index contributed by atoms with van der Waals surface area (Å²) in [6.07, 6.45) is 2.17. The van der Waals surface area contributed by atoms with Gasteiger partial charge in [-0.2, -0.15) is 0 Å². The lowest BCUT2D eigenvalue weighted by molar-refractivity contribution is 0.0946. The van der Waals surface area contributed by atoms with Crippen molar-refractivity contribution in [2.24, 2.45) is 0 Å². The molecule has 6 heteroatoms. The molecule has 1 aromatic heterocycles. The molecule has 0 aliphatic heterocycles. The fraction of sp³-hybridized carbons (Fsp3) is 0.375. The number of rotatable bonds is 7. The van der Waals surface area contributed by atoms with Crippen LogP contribution in [-0.4, -0.2) is 24.0 Å². The second-order valence-corrected chi connectivity index (χ2v) is 6.23. The quantitative estimate of drug-likeness (QED) is 0.823. The SMILES string of the molecule is COc1ccccc1CNCc1nc(C(=O)NC2CC2)cs1. The maximum absolute atomic E-state index is 11.9. The standard InChI is InChI=1S/C16H19N3O2S/c1-21-14-5-3-2-4-11(14)8-17-9-15-19-13(10-22-15)16(20)18-12-6-7-12/h2-5,10,12,17H,6-9H2,1H3,(H,18,20). The van der Waals surface area contributed by atoms with Crippen molar-refractivity contribution < 1.29 is 9.53 Å². The molecule has 1 fully saturated rings. The number of para-hydroxylation sites is 1. The Hall–Kier alpha value is -1.92. The smallest absolute Gasteiger partial charge is 0.270 e. The third-order valence-electron chi connectivity index (χ3n) is 3.48. The number of carbonyl (C=O) groups excluding carboxylic acids is 1. The minimum Gasteiger partial charge on any atom is -0.496 e. The summed E-state index contributed by atoms with van der Waals surface area (Å²) in [6, 6.07) is 8.28. The summed E-state index contributed by atoms with van der Waals surface area (Å²) in [5, 5.41) is 9.01. The first-order chi connectivity index (χ1) is 10.8. The zero-order chi connectivity index (χ0) is 15.4. The van der Waals surface area contributed by atoms with Crippen molar-refractivity contribution in [3.8, 4) is 5.75 Å². The molecule has 5 nitrogen and oxygen atoms in total. The second kappa shape index (κ2) is 6.89. The van der Waals surface area contributed by atoms with Crippen molar-refractivity contribution in [2.75, 3.05) is 7.11 Å². The Morgan fingerprint density at radius 2 is 2.18 bits per heavy atom. The van der Waals surface area contributed by atoms with E-state index in [2.05, 4.69) is 15.6 Å². The van der Waals surface area contributed by atoms with Crippen LogP contribution in [-0.2, 0) is 13.1 Å². The number of aromatic nitrogens is 1. The summed E-state index contributed by atoms with van der Waals surface area (Å²) in [5.41, 5.74) is 1.62. The summed E-state index contributed by atoms with van der Waals surface area (Å²) in [4.78, 5) is 16.3. The monoisotopic (exact) mass is 317 g/mol. The molecule has 3 rings (SSSR count). The van der Waals surface area contributed by atoms with E-state index in [1.165, 1.54) is 11.3 Å². The van der Waals surface area contributed by atoms with Gasteiger partial charge in [-0.15, -0.1) is 11.3 Å². The molecule has 0 unspecified atom stereocenters. The van der Waals surface area contributed by atoms with Crippen LogP contribution >= 0.6 is 11.3 Å². The molecule has 0 radical (unpaired) electrons. The van der Waals surface area contributed by atoms with Crippen LogP contribution in [0.3, 0.4) is 0 Å². The molecule has 22 heavy (non-hydrogen) atoms. The summed E-state index contributed by atoms with van der Waals surface area (Å²) < 4.78 is 5.32. The topological polar surface area (TPSA) is 63.2 Å². The fourth-order valence-corrected chi connectivity index (χ4v) is 2.88. The lowest BCUT2D eigenvalue weighted by Crippen LogP contribution is -2.25. The predicted molar refractivity (Wildman–Crippen MR) is 86.1 cm³/mol. The first-order valence-corrected chi connectivity index (χ1v) is 8.22. The molecule has 1 aliphatic carbocycles. The van der Waals surface area contributed by atoms with Gasteiger partial charge in [-0.05, 0) is 18.9 Å². The van der Waals surface area contributed by atoms with Crippen LogP contribution in [0.1, 0.15) is 33.9 Å². The average molecular weight is 317 g/mol. The molecule has 2 N–H and O–H groups in total. The number of hydrogen-bond donors (Lipinski definition) is 2. The maximum atomic E-state index is 11.9. The summed E-state index contributed by atoms with van der Waals surface area (Å²) in [7, 11) is 1.67. The van der Waals surface area contributed by atoms with Crippen molar-refractivity contribution in [1.29, 1.82) is 0 Å². The van der Waals surface area contributed by atoms with Gasteiger partial charge in [0.15, 0.2) is 0 Å². The van der Waals surface area contributed by atoms with Crippen molar-refractivity contribution >= 4 is 17.2 Å². The molecule has 1 aromatic carbocycles. The van der Waals surface area contributed by atoms with Gasteiger partial charge in [0.1, 0.15) is 16.5 Å². The van der Waals surface area contributed by atoms with E-state index >= 15 is 0 Å². The van der Waals surface area contributed by atoms with E-state index in [4.69, 9.17) is 4.74 Å². The molecule has 0 atom stereocenters. The molecule has 0 spiro atoms. The van der Waals surface area contributed by atoms with Gasteiger partial charge in [-0.25, -0.2) is 4.98 Å². The number of ether oxygens (including phenoxy) is 1. The van der Waals surface area contributed by atoms with Gasteiger partial charge in [0.25, 0.3) is 5.91 Å². The molecule has 1 saturated carbocycles. The van der Waals surface area contributed by atoms with Crippen LogP contribution in [0.15, 0.2) is 29.6 Å². The summed E-state index contributed by atoms with van der Waals surface area (Å²) in [6.45, 7) is 1.34. The highest BCUT2D eigenvalue weighted by molar-refractivity contribution is 7.09. The largest absolute Gasteiger partial charge is 0.496 e. The van der Waals surface area contributed by atoms with Crippen molar-refractivity contribution in [1.82, 2.24) is 15.6 Å². The minimum absolute atomic E-state index is 0.0604. The Bertz CT molecular complexity index is 652. The van der Waals surface area contributed by atoms with Crippen molar-refractivity contribution in [3.05, 3.63) is 45.9 Å². The van der Waals surface area contributed by atoms with E-state index in [0.717, 1.165) is 29.2 Å². The van der Waals surface area contributed by atoms with Gasteiger partial charge in [-0.1, -0.05) is 18.2 Å². The lowest BCUT2D eigenvalue weighted by Gasteiger charge is -2.08. The van der Waals surface area contributed by atoms with Crippen molar-refractivity contribution in [2.45, 2.75) is 32.0 Å². The third kappa shape index (κ3) is 3.84. The molecule has 2 aromatic rings. The maximum Gasteiger partial charge on any atom is 0.270 e. The van der Waals surface area contributed by atoms with Crippen LogP contribution in [0.2, 0.25) is 0 Å². The van der Waals surface area contributed by atoms with E-state index in [0.29, 0.717) is 24.8 Å².